The lowest BCUT2D eigenvalue weighted by atomic mass is 9.74. The molecule has 66 valence electrons. The standard InChI is InChI=1S/C11H12N2/c1-11(8-12)6-2-5-10-9(11)4-3-7-13-10/h3-4,7H,2,5-6H2,1H3. The van der Waals surface area contributed by atoms with Crippen LogP contribution >= 0.6 is 0 Å². The zero-order chi connectivity index (χ0) is 9.31. The van der Waals surface area contributed by atoms with Crippen LogP contribution in [-0.2, 0) is 11.8 Å². The van der Waals surface area contributed by atoms with Gasteiger partial charge in [0.2, 0.25) is 0 Å². The predicted molar refractivity (Wildman–Crippen MR) is 50.1 cm³/mol. The van der Waals surface area contributed by atoms with Crippen LogP contribution in [-0.4, -0.2) is 4.98 Å². The molecule has 1 aromatic heterocycles. The van der Waals surface area contributed by atoms with E-state index in [1.807, 2.05) is 25.3 Å². The molecule has 1 aliphatic carbocycles. The van der Waals surface area contributed by atoms with Gasteiger partial charge >= 0.3 is 0 Å². The summed E-state index contributed by atoms with van der Waals surface area (Å²) in [5.74, 6) is 0. The maximum absolute atomic E-state index is 9.12. The Morgan fingerprint density at radius 2 is 2.46 bits per heavy atom. The minimum Gasteiger partial charge on any atom is -0.261 e. The number of rotatable bonds is 0. The van der Waals surface area contributed by atoms with Gasteiger partial charge in [0.05, 0.1) is 11.5 Å². The predicted octanol–water partition coefficient (Wildman–Crippen LogP) is 2.20. The third kappa shape index (κ3) is 1.21. The molecule has 0 fully saturated rings. The molecular formula is C11H12N2. The van der Waals surface area contributed by atoms with Crippen LogP contribution in [0, 0.1) is 11.3 Å². The summed E-state index contributed by atoms with van der Waals surface area (Å²) >= 11 is 0. The summed E-state index contributed by atoms with van der Waals surface area (Å²) in [6.45, 7) is 2.01. The molecule has 1 heterocycles. The van der Waals surface area contributed by atoms with Crippen molar-refractivity contribution in [3.05, 3.63) is 29.6 Å². The van der Waals surface area contributed by atoms with Gasteiger partial charge in [-0.05, 0) is 37.8 Å². The van der Waals surface area contributed by atoms with E-state index < -0.39 is 0 Å². The van der Waals surface area contributed by atoms with E-state index in [1.54, 1.807) is 0 Å². The van der Waals surface area contributed by atoms with Crippen molar-refractivity contribution in [1.82, 2.24) is 4.98 Å². The summed E-state index contributed by atoms with van der Waals surface area (Å²) in [6, 6.07) is 6.35. The van der Waals surface area contributed by atoms with Gasteiger partial charge in [-0.3, -0.25) is 4.98 Å². The number of nitrogens with zero attached hydrogens (tertiary/aromatic N) is 2. The lowest BCUT2D eigenvalue weighted by Crippen LogP contribution is -2.26. The van der Waals surface area contributed by atoms with Gasteiger partial charge in [-0.25, -0.2) is 0 Å². The molecule has 13 heavy (non-hydrogen) atoms. The van der Waals surface area contributed by atoms with Gasteiger partial charge in [0.15, 0.2) is 0 Å². The molecule has 0 amide bonds. The molecule has 0 N–H and O–H groups in total. The topological polar surface area (TPSA) is 36.7 Å². The van der Waals surface area contributed by atoms with Gasteiger partial charge in [0.25, 0.3) is 0 Å². The Morgan fingerprint density at radius 3 is 3.23 bits per heavy atom. The van der Waals surface area contributed by atoms with E-state index in [9.17, 15) is 0 Å². The fourth-order valence-corrected chi connectivity index (χ4v) is 2.00. The van der Waals surface area contributed by atoms with E-state index in [0.717, 1.165) is 30.5 Å². The molecule has 0 radical (unpaired) electrons. The monoisotopic (exact) mass is 172 g/mol. The molecule has 0 saturated carbocycles. The van der Waals surface area contributed by atoms with Crippen LogP contribution in [0.2, 0.25) is 0 Å². The van der Waals surface area contributed by atoms with Crippen LogP contribution < -0.4 is 0 Å². The van der Waals surface area contributed by atoms with Crippen LogP contribution in [0.4, 0.5) is 0 Å². The lowest BCUT2D eigenvalue weighted by molar-refractivity contribution is 0.484. The Kier molecular flexibility index (Phi) is 1.81. The first-order valence-corrected chi connectivity index (χ1v) is 4.62. The minimum absolute atomic E-state index is 0.304. The maximum atomic E-state index is 9.12. The van der Waals surface area contributed by atoms with Crippen LogP contribution in [0.5, 0.6) is 0 Å². The summed E-state index contributed by atoms with van der Waals surface area (Å²) in [7, 11) is 0. The van der Waals surface area contributed by atoms with Crippen molar-refractivity contribution >= 4 is 0 Å². The highest BCUT2D eigenvalue weighted by Gasteiger charge is 2.32. The van der Waals surface area contributed by atoms with Gasteiger partial charge in [-0.15, -0.1) is 0 Å². The second-order valence-electron chi connectivity index (χ2n) is 3.80. The number of pyridine rings is 1. The van der Waals surface area contributed by atoms with E-state index >= 15 is 0 Å². The van der Waals surface area contributed by atoms with Crippen LogP contribution in [0.1, 0.15) is 31.0 Å². The van der Waals surface area contributed by atoms with Gasteiger partial charge < -0.3 is 0 Å². The van der Waals surface area contributed by atoms with Gasteiger partial charge in [-0.1, -0.05) is 6.07 Å². The molecule has 2 heteroatoms. The smallest absolute Gasteiger partial charge is 0.0812 e. The number of aryl methyl sites for hydroxylation is 1. The maximum Gasteiger partial charge on any atom is 0.0812 e. The van der Waals surface area contributed by atoms with Crippen molar-refractivity contribution in [2.75, 3.05) is 0 Å². The molecule has 0 spiro atoms. The van der Waals surface area contributed by atoms with Crippen LogP contribution in [0.3, 0.4) is 0 Å². The van der Waals surface area contributed by atoms with E-state index in [-0.39, 0.29) is 5.41 Å². The molecule has 0 saturated heterocycles. The number of aromatic nitrogens is 1. The van der Waals surface area contributed by atoms with Crippen molar-refractivity contribution in [1.29, 1.82) is 5.26 Å². The fourth-order valence-electron chi connectivity index (χ4n) is 2.00. The molecule has 1 aliphatic rings. The molecule has 1 unspecified atom stereocenters. The van der Waals surface area contributed by atoms with Crippen molar-refractivity contribution < 1.29 is 0 Å². The molecule has 0 aromatic carbocycles. The normalized spacial score (nSPS) is 26.2. The summed E-state index contributed by atoms with van der Waals surface area (Å²) in [5.41, 5.74) is 1.93. The Hall–Kier alpha value is -1.36. The minimum atomic E-state index is -0.304. The SMILES string of the molecule is CC1(C#N)CCCc2ncccc21. The summed E-state index contributed by atoms with van der Waals surface area (Å²) in [4.78, 5) is 4.31. The highest BCUT2D eigenvalue weighted by atomic mass is 14.7. The van der Waals surface area contributed by atoms with E-state index in [4.69, 9.17) is 5.26 Å². The summed E-state index contributed by atoms with van der Waals surface area (Å²) < 4.78 is 0. The van der Waals surface area contributed by atoms with Gasteiger partial charge in [-0.2, -0.15) is 5.26 Å². The number of nitriles is 1. The first-order chi connectivity index (χ1) is 6.26. The third-order valence-electron chi connectivity index (χ3n) is 2.82. The first kappa shape index (κ1) is 8.25. The first-order valence-electron chi connectivity index (χ1n) is 4.62. The number of fused-ring (bicyclic) bond motifs is 1. The molecule has 1 aromatic rings. The average molecular weight is 172 g/mol. The Bertz CT molecular complexity index is 365. The van der Waals surface area contributed by atoms with Crippen molar-refractivity contribution in [2.45, 2.75) is 31.6 Å². The number of hydrogen-bond acceptors (Lipinski definition) is 2. The number of hydrogen-bond donors (Lipinski definition) is 0. The van der Waals surface area contributed by atoms with Crippen LogP contribution in [0.15, 0.2) is 18.3 Å². The van der Waals surface area contributed by atoms with E-state index in [1.165, 1.54) is 0 Å². The second-order valence-corrected chi connectivity index (χ2v) is 3.80. The molecule has 0 bridgehead atoms. The van der Waals surface area contributed by atoms with Gasteiger partial charge in [0, 0.05) is 11.9 Å². The highest BCUT2D eigenvalue weighted by Crippen LogP contribution is 2.35. The molecule has 2 nitrogen and oxygen atoms in total. The second kappa shape index (κ2) is 2.85. The zero-order valence-corrected chi connectivity index (χ0v) is 7.75. The van der Waals surface area contributed by atoms with E-state index in [0.29, 0.717) is 0 Å². The summed E-state index contributed by atoms with van der Waals surface area (Å²) in [5, 5.41) is 9.12. The van der Waals surface area contributed by atoms with Crippen LogP contribution in [0.25, 0.3) is 0 Å². The summed E-state index contributed by atoms with van der Waals surface area (Å²) in [6.07, 6.45) is 4.87. The fraction of sp³-hybridized carbons (Fsp3) is 0.455. The zero-order valence-electron chi connectivity index (χ0n) is 7.75. The highest BCUT2D eigenvalue weighted by molar-refractivity contribution is 5.36. The Labute approximate surface area is 78.2 Å². The largest absolute Gasteiger partial charge is 0.261 e. The average Bonchev–Trinajstić information content (AvgIpc) is 2.19. The Balaban J connectivity index is 2.56. The van der Waals surface area contributed by atoms with E-state index in [2.05, 4.69) is 11.1 Å². The van der Waals surface area contributed by atoms with Crippen molar-refractivity contribution in [3.63, 3.8) is 0 Å². The molecule has 2 rings (SSSR count). The Morgan fingerprint density at radius 1 is 1.62 bits per heavy atom. The quantitative estimate of drug-likeness (QED) is 0.601. The molecular weight excluding hydrogens is 160 g/mol. The van der Waals surface area contributed by atoms with Gasteiger partial charge in [0.1, 0.15) is 0 Å². The lowest BCUT2D eigenvalue weighted by Gasteiger charge is -2.28. The van der Waals surface area contributed by atoms with Crippen molar-refractivity contribution in [2.24, 2.45) is 0 Å². The third-order valence-corrected chi connectivity index (χ3v) is 2.82. The van der Waals surface area contributed by atoms with Crippen molar-refractivity contribution in [3.8, 4) is 6.07 Å². The molecule has 1 atom stereocenters. The molecule has 0 aliphatic heterocycles.